The third-order valence-electron chi connectivity index (χ3n) is 2.44. The van der Waals surface area contributed by atoms with E-state index in [4.69, 9.17) is 10.2 Å². The molecular formula is C12H11N3O4. The van der Waals surface area contributed by atoms with E-state index in [2.05, 4.69) is 5.32 Å². The molecule has 2 rings (SSSR count). The normalized spacial score (nSPS) is 10.2. The molecule has 0 unspecified atom stereocenters. The number of nitrogens with zero attached hydrogens (tertiary/aromatic N) is 1. The lowest BCUT2D eigenvalue weighted by Gasteiger charge is -2.03. The molecule has 1 aromatic heterocycles. The molecule has 0 saturated heterocycles. The van der Waals surface area contributed by atoms with Crippen LogP contribution >= 0.6 is 0 Å². The van der Waals surface area contributed by atoms with Gasteiger partial charge in [0.2, 0.25) is 0 Å². The summed E-state index contributed by atoms with van der Waals surface area (Å²) in [6.45, 7) is 0.415. The average molecular weight is 261 g/mol. The molecule has 7 heteroatoms. The Morgan fingerprint density at radius 3 is 2.47 bits per heavy atom. The van der Waals surface area contributed by atoms with Crippen molar-refractivity contribution in [2.24, 2.45) is 5.73 Å². The van der Waals surface area contributed by atoms with E-state index < -0.39 is 16.7 Å². The second kappa shape index (κ2) is 5.32. The molecule has 0 bridgehead atoms. The summed E-state index contributed by atoms with van der Waals surface area (Å²) in [6.07, 6.45) is 0. The molecule has 1 amide bonds. The molecule has 0 fully saturated rings. The van der Waals surface area contributed by atoms with Crippen molar-refractivity contribution in [3.8, 4) is 0 Å². The molecule has 3 N–H and O–H groups in total. The summed E-state index contributed by atoms with van der Waals surface area (Å²) >= 11 is 0. The number of anilines is 1. The molecule has 2 aromatic rings. The van der Waals surface area contributed by atoms with E-state index in [1.807, 2.05) is 0 Å². The zero-order chi connectivity index (χ0) is 13.8. The number of nitrogens with one attached hydrogen (secondary N) is 1. The number of carbonyl (C=O) groups excluding carboxylic acids is 1. The Hall–Kier alpha value is -2.67. The number of furan rings is 1. The van der Waals surface area contributed by atoms with Gasteiger partial charge in [-0.2, -0.15) is 0 Å². The van der Waals surface area contributed by atoms with E-state index >= 15 is 0 Å². The van der Waals surface area contributed by atoms with Crippen molar-refractivity contribution in [3.05, 3.63) is 57.8 Å². The van der Waals surface area contributed by atoms with Crippen molar-refractivity contribution in [2.75, 3.05) is 5.32 Å². The number of nitrogens with two attached hydrogens (primary N) is 1. The Balaban J connectivity index is 2.08. The SMILES string of the molecule is NCc1ccc(NC(=O)c2ccc([N+](=O)[O-])o2)cc1. The van der Waals surface area contributed by atoms with Gasteiger partial charge in [0.05, 0.1) is 6.07 Å². The van der Waals surface area contributed by atoms with Crippen molar-refractivity contribution in [1.82, 2.24) is 0 Å². The van der Waals surface area contributed by atoms with Crippen LogP contribution in [0.25, 0.3) is 0 Å². The zero-order valence-corrected chi connectivity index (χ0v) is 9.83. The average Bonchev–Trinajstić information content (AvgIpc) is 2.89. The van der Waals surface area contributed by atoms with E-state index in [0.717, 1.165) is 11.6 Å². The first kappa shape index (κ1) is 12.8. The Kier molecular flexibility index (Phi) is 3.58. The highest BCUT2D eigenvalue weighted by molar-refractivity contribution is 6.02. The maximum absolute atomic E-state index is 11.8. The summed E-state index contributed by atoms with van der Waals surface area (Å²) in [7, 11) is 0. The van der Waals surface area contributed by atoms with Gasteiger partial charge in [-0.3, -0.25) is 14.9 Å². The maximum atomic E-state index is 11.8. The van der Waals surface area contributed by atoms with Gasteiger partial charge in [0.15, 0.2) is 5.76 Å². The van der Waals surface area contributed by atoms with E-state index in [1.165, 1.54) is 6.07 Å². The minimum absolute atomic E-state index is 0.116. The summed E-state index contributed by atoms with van der Waals surface area (Å²) in [6, 6.07) is 9.32. The van der Waals surface area contributed by atoms with Crippen LogP contribution in [0.15, 0.2) is 40.8 Å². The topological polar surface area (TPSA) is 111 Å². The smallest absolute Gasteiger partial charge is 0.395 e. The highest BCUT2D eigenvalue weighted by atomic mass is 16.6. The molecule has 98 valence electrons. The van der Waals surface area contributed by atoms with Crippen LogP contribution in [0.3, 0.4) is 0 Å². The molecular weight excluding hydrogens is 250 g/mol. The summed E-state index contributed by atoms with van der Waals surface area (Å²) in [5.41, 5.74) is 6.95. The second-order valence-electron chi connectivity index (χ2n) is 3.75. The molecule has 0 atom stereocenters. The summed E-state index contributed by atoms with van der Waals surface area (Å²) in [4.78, 5) is 21.5. The number of carbonyl (C=O) groups is 1. The van der Waals surface area contributed by atoms with Crippen molar-refractivity contribution in [2.45, 2.75) is 6.54 Å². The number of nitro groups is 1. The lowest BCUT2D eigenvalue weighted by molar-refractivity contribution is -0.402. The molecule has 19 heavy (non-hydrogen) atoms. The first-order valence-electron chi connectivity index (χ1n) is 5.44. The zero-order valence-electron chi connectivity index (χ0n) is 9.83. The molecule has 7 nitrogen and oxygen atoms in total. The molecule has 0 aliphatic heterocycles. The monoisotopic (exact) mass is 261 g/mol. The quantitative estimate of drug-likeness (QED) is 0.644. The van der Waals surface area contributed by atoms with Crippen molar-refractivity contribution >= 4 is 17.5 Å². The largest absolute Gasteiger partial charge is 0.433 e. The predicted octanol–water partition coefficient (Wildman–Crippen LogP) is 1.90. The van der Waals surface area contributed by atoms with Crippen LogP contribution in [0.1, 0.15) is 16.1 Å². The van der Waals surface area contributed by atoms with Gasteiger partial charge < -0.3 is 15.5 Å². The van der Waals surface area contributed by atoms with Crippen molar-refractivity contribution in [3.63, 3.8) is 0 Å². The highest BCUT2D eigenvalue weighted by Gasteiger charge is 2.17. The fourth-order valence-electron chi connectivity index (χ4n) is 1.46. The third-order valence-corrected chi connectivity index (χ3v) is 2.44. The molecule has 1 heterocycles. The molecule has 0 radical (unpaired) electrons. The fraction of sp³-hybridized carbons (Fsp3) is 0.0833. The van der Waals surface area contributed by atoms with Crippen LogP contribution in [0.5, 0.6) is 0 Å². The Labute approximate surface area is 108 Å². The van der Waals surface area contributed by atoms with Gasteiger partial charge in [-0.25, -0.2) is 0 Å². The number of rotatable bonds is 4. The van der Waals surface area contributed by atoms with Gasteiger partial charge in [0, 0.05) is 12.2 Å². The first-order valence-corrected chi connectivity index (χ1v) is 5.44. The number of benzene rings is 1. The van der Waals surface area contributed by atoms with Crippen LogP contribution in [-0.4, -0.2) is 10.8 Å². The second-order valence-corrected chi connectivity index (χ2v) is 3.75. The van der Waals surface area contributed by atoms with Gasteiger partial charge in [-0.05, 0) is 23.8 Å². The van der Waals surface area contributed by atoms with Crippen LogP contribution in [-0.2, 0) is 6.54 Å². The lowest BCUT2D eigenvalue weighted by Crippen LogP contribution is -2.10. The Morgan fingerprint density at radius 1 is 1.26 bits per heavy atom. The summed E-state index contributed by atoms with van der Waals surface area (Å²) in [5, 5.41) is 13.0. The third kappa shape index (κ3) is 2.96. The van der Waals surface area contributed by atoms with Gasteiger partial charge in [-0.1, -0.05) is 12.1 Å². The van der Waals surface area contributed by atoms with Gasteiger partial charge in [0.1, 0.15) is 4.92 Å². The molecule has 0 saturated carbocycles. The molecule has 0 aliphatic rings. The van der Waals surface area contributed by atoms with E-state index in [0.29, 0.717) is 12.2 Å². The minimum atomic E-state index is -0.702. The molecule has 0 aliphatic carbocycles. The Morgan fingerprint density at radius 2 is 1.95 bits per heavy atom. The Bertz CT molecular complexity index is 604. The van der Waals surface area contributed by atoms with E-state index in [1.54, 1.807) is 24.3 Å². The number of hydrogen-bond donors (Lipinski definition) is 2. The van der Waals surface area contributed by atoms with Gasteiger partial charge >= 0.3 is 5.88 Å². The van der Waals surface area contributed by atoms with Crippen LogP contribution < -0.4 is 11.1 Å². The first-order chi connectivity index (χ1) is 9.10. The van der Waals surface area contributed by atoms with Crippen LogP contribution in [0.4, 0.5) is 11.6 Å². The lowest BCUT2D eigenvalue weighted by atomic mass is 10.2. The van der Waals surface area contributed by atoms with Crippen molar-refractivity contribution in [1.29, 1.82) is 0 Å². The highest BCUT2D eigenvalue weighted by Crippen LogP contribution is 2.17. The number of hydrogen-bond acceptors (Lipinski definition) is 5. The van der Waals surface area contributed by atoms with Crippen LogP contribution in [0.2, 0.25) is 0 Å². The number of amides is 1. The van der Waals surface area contributed by atoms with Crippen molar-refractivity contribution < 1.29 is 14.1 Å². The minimum Gasteiger partial charge on any atom is -0.395 e. The standard InChI is InChI=1S/C12H11N3O4/c13-7-8-1-3-9(4-2-8)14-12(16)10-5-6-11(19-10)15(17)18/h1-6H,7,13H2,(H,14,16). The molecule has 1 aromatic carbocycles. The van der Waals surface area contributed by atoms with Crippen LogP contribution in [0, 0.1) is 10.1 Å². The van der Waals surface area contributed by atoms with E-state index in [-0.39, 0.29) is 5.76 Å². The molecule has 0 spiro atoms. The van der Waals surface area contributed by atoms with Gasteiger partial charge in [-0.15, -0.1) is 0 Å². The summed E-state index contributed by atoms with van der Waals surface area (Å²) in [5.74, 6) is -1.13. The predicted molar refractivity (Wildman–Crippen MR) is 67.6 cm³/mol. The van der Waals surface area contributed by atoms with E-state index in [9.17, 15) is 14.9 Å². The van der Waals surface area contributed by atoms with Gasteiger partial charge in [0.25, 0.3) is 5.91 Å². The summed E-state index contributed by atoms with van der Waals surface area (Å²) < 4.78 is 4.79. The fourth-order valence-corrected chi connectivity index (χ4v) is 1.46. The maximum Gasteiger partial charge on any atom is 0.433 e.